The molecule has 0 heterocycles. The SMILES string of the molecule is CC12CCC(C1)C1[C](=[Ti]([CH]3C=CC=C3)[CH]3C=CC=C3)C12. The van der Waals surface area contributed by atoms with E-state index in [1.54, 1.807) is 6.42 Å². The van der Waals surface area contributed by atoms with E-state index in [1.165, 1.54) is 12.8 Å². The Hall–Kier alpha value is -0.456. The molecule has 0 spiro atoms. The molecule has 0 N–H and O–H groups in total. The zero-order valence-corrected chi connectivity index (χ0v) is 13.7. The van der Waals surface area contributed by atoms with Gasteiger partial charge in [0.15, 0.2) is 0 Å². The summed E-state index contributed by atoms with van der Waals surface area (Å²) in [6.45, 7) is 2.60. The first-order valence-corrected chi connectivity index (χ1v) is 10.8. The fourth-order valence-corrected chi connectivity index (χ4v) is 12.2. The van der Waals surface area contributed by atoms with E-state index in [0.29, 0.717) is 5.41 Å². The quantitative estimate of drug-likeness (QED) is 0.650. The van der Waals surface area contributed by atoms with Crippen molar-refractivity contribution in [1.29, 1.82) is 0 Å². The molecule has 102 valence electrons. The molecule has 0 amide bonds. The van der Waals surface area contributed by atoms with E-state index in [-0.39, 0.29) is 0 Å². The molecule has 4 unspecified atom stereocenters. The number of hydrogen-bond donors (Lipinski definition) is 0. The number of hydrogen-bond acceptors (Lipinski definition) is 0. The van der Waals surface area contributed by atoms with Crippen molar-refractivity contribution in [3.8, 4) is 0 Å². The Labute approximate surface area is 127 Å². The molecule has 0 aromatic heterocycles. The van der Waals surface area contributed by atoms with Gasteiger partial charge in [0.05, 0.1) is 0 Å². The Bertz CT molecular complexity index is 564. The minimum absolute atomic E-state index is 0.709. The van der Waals surface area contributed by atoms with Gasteiger partial charge in [-0.15, -0.1) is 0 Å². The van der Waals surface area contributed by atoms with Crippen LogP contribution in [0.3, 0.4) is 0 Å². The van der Waals surface area contributed by atoms with Gasteiger partial charge in [-0.3, -0.25) is 0 Å². The van der Waals surface area contributed by atoms with Crippen LogP contribution in [0.5, 0.6) is 0 Å². The zero-order chi connectivity index (χ0) is 13.3. The molecule has 3 fully saturated rings. The summed E-state index contributed by atoms with van der Waals surface area (Å²) in [4.78, 5) is 0. The van der Waals surface area contributed by atoms with Gasteiger partial charge in [0.25, 0.3) is 0 Å². The van der Waals surface area contributed by atoms with Crippen LogP contribution in [0.15, 0.2) is 48.6 Å². The first-order chi connectivity index (χ1) is 9.78. The summed E-state index contributed by atoms with van der Waals surface area (Å²) in [5, 5.41) is 0. The van der Waals surface area contributed by atoms with Gasteiger partial charge in [-0.25, -0.2) is 0 Å². The predicted octanol–water partition coefficient (Wildman–Crippen LogP) is 4.67. The van der Waals surface area contributed by atoms with Crippen LogP contribution in [0.2, 0.25) is 8.45 Å². The summed E-state index contributed by atoms with van der Waals surface area (Å²) in [6.07, 6.45) is 23.7. The molecule has 0 aromatic carbocycles. The Kier molecular flexibility index (Phi) is 2.45. The number of fused-ring (bicyclic) bond motifs is 5. The van der Waals surface area contributed by atoms with Crippen LogP contribution in [0.1, 0.15) is 26.2 Å². The summed E-state index contributed by atoms with van der Waals surface area (Å²) in [5.74, 6) is 3.18. The Balaban J connectivity index is 1.61. The number of allylic oxidation sites excluding steroid dienone is 8. The standard InChI is InChI=1S/C9H12.2C5H5.Ti/c1-9-3-2-6(5-9)7-4-8(7)9;2*1-2-4-5-3-1;/h6-8H,2-3,5H2,1H3;2*1-5H;. The molecule has 1 heteroatoms. The molecule has 0 nitrogen and oxygen atoms in total. The van der Waals surface area contributed by atoms with E-state index in [9.17, 15) is 0 Å². The van der Waals surface area contributed by atoms with E-state index >= 15 is 0 Å². The van der Waals surface area contributed by atoms with Gasteiger partial charge in [0.2, 0.25) is 0 Å². The third-order valence-electron chi connectivity index (χ3n) is 6.57. The molecule has 2 bridgehead atoms. The molecule has 0 saturated heterocycles. The van der Waals surface area contributed by atoms with Crippen molar-refractivity contribution in [3.63, 3.8) is 0 Å². The average Bonchev–Trinajstić information content (AvgIpc) is 2.96. The summed E-state index contributed by atoms with van der Waals surface area (Å²) >= 11 is -1.22. The van der Waals surface area contributed by atoms with Gasteiger partial charge >= 0.3 is 128 Å². The van der Waals surface area contributed by atoms with Crippen LogP contribution in [0, 0.1) is 23.2 Å². The molecule has 5 aliphatic carbocycles. The molecule has 0 aliphatic heterocycles. The maximum absolute atomic E-state index is 2.60. The van der Waals surface area contributed by atoms with Crippen molar-refractivity contribution in [1.82, 2.24) is 0 Å². The summed E-state index contributed by atoms with van der Waals surface area (Å²) in [6, 6.07) is 0. The minimum atomic E-state index is -1.22. The van der Waals surface area contributed by atoms with Gasteiger partial charge in [-0.05, 0) is 0 Å². The van der Waals surface area contributed by atoms with Gasteiger partial charge in [0, 0.05) is 0 Å². The molecule has 20 heavy (non-hydrogen) atoms. The molecule has 5 rings (SSSR count). The second-order valence-corrected chi connectivity index (χ2v) is 12.1. The van der Waals surface area contributed by atoms with Crippen molar-refractivity contribution in [3.05, 3.63) is 48.6 Å². The van der Waals surface area contributed by atoms with Crippen molar-refractivity contribution >= 4 is 3.81 Å². The molecule has 3 saturated carbocycles. The number of rotatable bonds is 2. The van der Waals surface area contributed by atoms with Crippen LogP contribution in [-0.4, -0.2) is 3.81 Å². The maximum atomic E-state index is 2.60. The van der Waals surface area contributed by atoms with Crippen molar-refractivity contribution in [2.24, 2.45) is 23.2 Å². The first-order valence-electron chi connectivity index (χ1n) is 8.22. The van der Waals surface area contributed by atoms with E-state index in [0.717, 1.165) is 26.2 Å². The van der Waals surface area contributed by atoms with Crippen molar-refractivity contribution in [2.45, 2.75) is 34.6 Å². The van der Waals surface area contributed by atoms with Gasteiger partial charge < -0.3 is 0 Å². The summed E-state index contributed by atoms with van der Waals surface area (Å²) in [5.41, 5.74) is 0.709. The van der Waals surface area contributed by atoms with Gasteiger partial charge in [-0.2, -0.15) is 0 Å². The molecular formula is C19H22Ti. The Morgan fingerprint density at radius 2 is 1.60 bits per heavy atom. The summed E-state index contributed by atoms with van der Waals surface area (Å²) < 4.78 is 3.75. The second kappa shape index (κ2) is 4.05. The molecular weight excluding hydrogens is 276 g/mol. The van der Waals surface area contributed by atoms with Crippen molar-refractivity contribution < 1.29 is 17.4 Å². The molecule has 0 aromatic rings. The van der Waals surface area contributed by atoms with E-state index in [4.69, 9.17) is 0 Å². The van der Waals surface area contributed by atoms with Gasteiger partial charge in [-0.1, -0.05) is 0 Å². The van der Waals surface area contributed by atoms with Crippen LogP contribution >= 0.6 is 0 Å². The Morgan fingerprint density at radius 3 is 2.10 bits per heavy atom. The third kappa shape index (κ3) is 1.50. The van der Waals surface area contributed by atoms with E-state index < -0.39 is 17.4 Å². The predicted molar refractivity (Wildman–Crippen MR) is 81.5 cm³/mol. The zero-order valence-electron chi connectivity index (χ0n) is 12.1. The van der Waals surface area contributed by atoms with Crippen molar-refractivity contribution in [2.75, 3.05) is 0 Å². The summed E-state index contributed by atoms with van der Waals surface area (Å²) in [7, 11) is 0. The fourth-order valence-electron chi connectivity index (χ4n) is 5.78. The molecule has 4 atom stereocenters. The van der Waals surface area contributed by atoms with E-state index in [2.05, 4.69) is 59.3 Å². The van der Waals surface area contributed by atoms with E-state index in [1.807, 2.05) is 0 Å². The fraction of sp³-hybridized carbons (Fsp3) is 0.526. The Morgan fingerprint density at radius 1 is 1.00 bits per heavy atom. The first kappa shape index (κ1) is 12.1. The van der Waals surface area contributed by atoms with Crippen LogP contribution in [0.25, 0.3) is 0 Å². The third-order valence-corrected chi connectivity index (χ3v) is 12.1. The normalized spacial score (nSPS) is 44.0. The van der Waals surface area contributed by atoms with Gasteiger partial charge in [0.1, 0.15) is 0 Å². The molecule has 5 aliphatic rings. The molecule has 0 radical (unpaired) electrons. The monoisotopic (exact) mass is 298 g/mol. The average molecular weight is 298 g/mol. The van der Waals surface area contributed by atoms with Crippen LogP contribution < -0.4 is 0 Å². The second-order valence-electron chi connectivity index (χ2n) is 7.66. The van der Waals surface area contributed by atoms with Crippen LogP contribution in [0.4, 0.5) is 0 Å². The topological polar surface area (TPSA) is 0 Å². The van der Waals surface area contributed by atoms with Crippen LogP contribution in [-0.2, 0) is 17.4 Å².